The average Bonchev–Trinajstić information content (AvgIpc) is 3.49. The van der Waals surface area contributed by atoms with Crippen molar-refractivity contribution in [2.24, 2.45) is 0 Å². The zero-order chi connectivity index (χ0) is 64.7. The molecule has 84 heavy (non-hydrogen) atoms. The Morgan fingerprint density at radius 1 is 0.190 bits per heavy atom. The van der Waals surface area contributed by atoms with E-state index < -0.39 is 11.9 Å². The number of unbranched alkanes of at least 4 members (excludes halogenated alkanes) is 49. The fourth-order valence-corrected chi connectivity index (χ4v) is 8.96. The highest BCUT2D eigenvalue weighted by molar-refractivity contribution is 5.87. The van der Waals surface area contributed by atoms with Gasteiger partial charge in [-0.05, 0) is 13.8 Å². The lowest BCUT2D eigenvalue weighted by atomic mass is 10.1. The SMILES string of the molecule is C=C(C)C(=O)OCCOC(=O)C(=C)C.CCCCCCCCCC.CCCCCCCCCC.CCCCCCCCCC.CCCCCCCCCC.CCCCCCCCCC.CCCCCCCCCC.CCCCCCCCCC. The Labute approximate surface area is 536 Å². The van der Waals surface area contributed by atoms with Crippen LogP contribution in [0.5, 0.6) is 0 Å². The molecule has 0 aliphatic heterocycles. The molecule has 0 radical (unpaired) electrons. The predicted molar refractivity (Wildman–Crippen MR) is 390 cm³/mol. The van der Waals surface area contributed by atoms with Gasteiger partial charge >= 0.3 is 11.9 Å². The van der Waals surface area contributed by atoms with Crippen molar-refractivity contribution in [3.63, 3.8) is 0 Å². The first-order valence-corrected chi connectivity index (χ1v) is 38.5. The molecule has 0 spiro atoms. The molecule has 0 aromatic heterocycles. The van der Waals surface area contributed by atoms with Crippen LogP contribution in [0.1, 0.15) is 470 Å². The lowest BCUT2D eigenvalue weighted by Gasteiger charge is -2.05. The van der Waals surface area contributed by atoms with Gasteiger partial charge in [0.15, 0.2) is 0 Å². The smallest absolute Gasteiger partial charge is 0.333 e. The summed E-state index contributed by atoms with van der Waals surface area (Å²) < 4.78 is 9.38. The van der Waals surface area contributed by atoms with E-state index in [0.29, 0.717) is 11.1 Å². The third kappa shape index (κ3) is 130. The maximum atomic E-state index is 10.8. The molecular weight excluding hydrogens is 1020 g/mol. The highest BCUT2D eigenvalue weighted by atomic mass is 16.6. The number of rotatable bonds is 54. The molecule has 0 N–H and O–H groups in total. The molecule has 0 amide bonds. The Balaban J connectivity index is -0.000000131. The van der Waals surface area contributed by atoms with Gasteiger partial charge in [-0.1, -0.05) is 470 Å². The van der Waals surface area contributed by atoms with E-state index in [2.05, 4.69) is 120 Å². The molecule has 0 rings (SSSR count). The average molecular weight is 1190 g/mol. The van der Waals surface area contributed by atoms with Crippen molar-refractivity contribution in [1.82, 2.24) is 0 Å². The van der Waals surface area contributed by atoms with Crippen molar-refractivity contribution < 1.29 is 19.1 Å². The second-order valence-electron chi connectivity index (χ2n) is 24.7. The van der Waals surface area contributed by atoms with E-state index in [1.807, 2.05) is 0 Å². The van der Waals surface area contributed by atoms with Gasteiger partial charge in [0, 0.05) is 11.1 Å². The lowest BCUT2D eigenvalue weighted by molar-refractivity contribution is -0.147. The van der Waals surface area contributed by atoms with Gasteiger partial charge in [0.2, 0.25) is 0 Å². The molecule has 0 bridgehead atoms. The van der Waals surface area contributed by atoms with Crippen molar-refractivity contribution >= 4 is 11.9 Å². The van der Waals surface area contributed by atoms with Crippen LogP contribution >= 0.6 is 0 Å². The lowest BCUT2D eigenvalue weighted by Crippen LogP contribution is -2.14. The van der Waals surface area contributed by atoms with Crippen molar-refractivity contribution in [3.05, 3.63) is 24.3 Å². The van der Waals surface area contributed by atoms with Crippen LogP contribution in [0, 0.1) is 0 Å². The van der Waals surface area contributed by atoms with Crippen LogP contribution in [-0.4, -0.2) is 25.2 Å². The van der Waals surface area contributed by atoms with Crippen LogP contribution in [0.4, 0.5) is 0 Å². The van der Waals surface area contributed by atoms with Crippen LogP contribution in [-0.2, 0) is 19.1 Å². The Kier molecular flexibility index (Phi) is 125. The maximum Gasteiger partial charge on any atom is 0.333 e. The molecule has 0 aromatic carbocycles. The van der Waals surface area contributed by atoms with E-state index in [1.165, 1.54) is 360 Å². The van der Waals surface area contributed by atoms with E-state index in [-0.39, 0.29) is 13.2 Å². The van der Waals surface area contributed by atoms with Gasteiger partial charge in [-0.15, -0.1) is 0 Å². The monoisotopic (exact) mass is 1190 g/mol. The van der Waals surface area contributed by atoms with Gasteiger partial charge < -0.3 is 9.47 Å². The molecule has 0 saturated carbocycles. The summed E-state index contributed by atoms with van der Waals surface area (Å²) in [5.41, 5.74) is 0.632. The Morgan fingerprint density at radius 2 is 0.274 bits per heavy atom. The summed E-state index contributed by atoms with van der Waals surface area (Å²) in [4.78, 5) is 21.7. The van der Waals surface area contributed by atoms with Gasteiger partial charge in [-0.25, -0.2) is 9.59 Å². The third-order valence-electron chi connectivity index (χ3n) is 14.9. The minimum absolute atomic E-state index is 0.0325. The summed E-state index contributed by atoms with van der Waals surface area (Å²) in [6, 6.07) is 0. The summed E-state index contributed by atoms with van der Waals surface area (Å²) in [7, 11) is 0. The topological polar surface area (TPSA) is 52.6 Å². The molecule has 512 valence electrons. The number of hydrogen-bond donors (Lipinski definition) is 0. The molecule has 4 nitrogen and oxygen atoms in total. The standard InChI is InChI=1S/C10H14O4.7C10H22/c1-7(2)9(11)13-5-6-14-10(12)8(3)4;7*1-3-5-7-9-10-8-6-4-2/h1,3,5-6H2,2,4H3;7*3-10H2,1-2H3. The first-order chi connectivity index (χ1) is 40.8. The summed E-state index contributed by atoms with van der Waals surface area (Å²) in [5, 5.41) is 0. The van der Waals surface area contributed by atoms with Gasteiger partial charge in [0.1, 0.15) is 13.2 Å². The zero-order valence-electron chi connectivity index (χ0n) is 62.1. The van der Waals surface area contributed by atoms with Crippen molar-refractivity contribution in [2.45, 2.75) is 470 Å². The predicted octanol–water partition coefficient (Wildman–Crippen LogP) is 30.3. The Morgan fingerprint density at radius 3 is 0.345 bits per heavy atom. The number of carbonyl (C=O) groups excluding carboxylic acids is 2. The summed E-state index contributed by atoms with van der Waals surface area (Å²) in [5.74, 6) is -0.979. The van der Waals surface area contributed by atoms with Crippen LogP contribution < -0.4 is 0 Å². The number of carbonyl (C=O) groups is 2. The zero-order valence-corrected chi connectivity index (χ0v) is 62.1. The van der Waals surface area contributed by atoms with E-state index in [0.717, 1.165) is 0 Å². The Hall–Kier alpha value is -1.58. The van der Waals surface area contributed by atoms with Gasteiger partial charge in [0.05, 0.1) is 0 Å². The molecule has 0 unspecified atom stereocenters. The first-order valence-electron chi connectivity index (χ1n) is 38.5. The fourth-order valence-electron chi connectivity index (χ4n) is 8.96. The van der Waals surface area contributed by atoms with Crippen LogP contribution in [0.2, 0.25) is 0 Å². The molecule has 0 atom stereocenters. The van der Waals surface area contributed by atoms with E-state index in [1.54, 1.807) is 13.8 Å². The van der Waals surface area contributed by atoms with Crippen LogP contribution in [0.3, 0.4) is 0 Å². The minimum atomic E-state index is -0.489. The number of esters is 2. The largest absolute Gasteiger partial charge is 0.459 e. The van der Waals surface area contributed by atoms with E-state index >= 15 is 0 Å². The highest BCUT2D eigenvalue weighted by Gasteiger charge is 2.05. The van der Waals surface area contributed by atoms with Crippen molar-refractivity contribution in [2.75, 3.05) is 13.2 Å². The molecule has 0 aliphatic carbocycles. The third-order valence-corrected chi connectivity index (χ3v) is 14.9. The fraction of sp³-hybridized carbons (Fsp3) is 0.925. The summed E-state index contributed by atoms with van der Waals surface area (Å²) in [6.45, 7) is 41.7. The van der Waals surface area contributed by atoms with Crippen LogP contribution in [0.25, 0.3) is 0 Å². The first kappa shape index (κ1) is 98.7. The molecule has 0 aromatic rings. The summed E-state index contributed by atoms with van der Waals surface area (Å²) >= 11 is 0. The maximum absolute atomic E-state index is 10.8. The molecule has 4 heteroatoms. The second-order valence-corrected chi connectivity index (χ2v) is 24.7. The normalized spacial score (nSPS) is 10.0. The molecule has 0 aliphatic rings. The Bertz CT molecular complexity index is 840. The van der Waals surface area contributed by atoms with E-state index in [4.69, 9.17) is 0 Å². The van der Waals surface area contributed by atoms with Crippen molar-refractivity contribution in [3.8, 4) is 0 Å². The van der Waals surface area contributed by atoms with Crippen LogP contribution in [0.15, 0.2) is 24.3 Å². The quantitative estimate of drug-likeness (QED) is 0.0346. The van der Waals surface area contributed by atoms with Gasteiger partial charge in [-0.3, -0.25) is 0 Å². The van der Waals surface area contributed by atoms with Gasteiger partial charge in [-0.2, -0.15) is 0 Å². The molecule has 0 heterocycles. The van der Waals surface area contributed by atoms with Gasteiger partial charge in [0.25, 0.3) is 0 Å². The summed E-state index contributed by atoms with van der Waals surface area (Å²) in [6.07, 6.45) is 80.2. The minimum Gasteiger partial charge on any atom is -0.459 e. The molecule has 0 saturated heterocycles. The molecular formula is C80H168O4. The highest BCUT2D eigenvalue weighted by Crippen LogP contribution is 2.13. The number of ether oxygens (including phenoxy) is 2. The van der Waals surface area contributed by atoms with Crippen molar-refractivity contribution in [1.29, 1.82) is 0 Å². The molecule has 0 fully saturated rings. The van der Waals surface area contributed by atoms with E-state index in [9.17, 15) is 9.59 Å². The number of hydrogen-bond acceptors (Lipinski definition) is 4. The second kappa shape index (κ2) is 106.